The van der Waals surface area contributed by atoms with Gasteiger partial charge in [0.2, 0.25) is 11.8 Å². The molecule has 0 aromatic carbocycles. The van der Waals surface area contributed by atoms with Crippen molar-refractivity contribution in [2.24, 2.45) is 0 Å². The van der Waals surface area contributed by atoms with E-state index in [0.29, 0.717) is 17.4 Å². The number of carboxylic acids is 1. The molecule has 7 heteroatoms. The minimum Gasteiger partial charge on any atom is -0.481 e. The maximum atomic E-state index is 13.4. The lowest BCUT2D eigenvalue weighted by Gasteiger charge is -2.29. The first-order chi connectivity index (χ1) is 21.6. The van der Waals surface area contributed by atoms with E-state index in [9.17, 15) is 14.4 Å². The molecule has 0 rings (SSSR count). The van der Waals surface area contributed by atoms with Crippen LogP contribution in [0.2, 0.25) is 0 Å². The molecule has 0 aliphatic heterocycles. The van der Waals surface area contributed by atoms with Crippen molar-refractivity contribution in [1.29, 1.82) is 0 Å². The topological polar surface area (TPSA) is 86.7 Å². The SMILES string of the molecule is CCCCCCCCCCCCN(CCCCCCCCCCCC)C(=O)[C@H](C)NC(=O)CCCCC[N+](C)(C)CCC(=O)O. The maximum Gasteiger partial charge on any atom is 0.309 e. The van der Waals surface area contributed by atoms with Crippen LogP contribution in [0.5, 0.6) is 0 Å². The minimum atomic E-state index is -0.757. The second-order valence-corrected chi connectivity index (χ2v) is 14.3. The summed E-state index contributed by atoms with van der Waals surface area (Å²) in [4.78, 5) is 39.0. The van der Waals surface area contributed by atoms with Gasteiger partial charge < -0.3 is 19.8 Å². The predicted molar refractivity (Wildman–Crippen MR) is 190 cm³/mol. The Hall–Kier alpha value is -1.63. The van der Waals surface area contributed by atoms with E-state index in [2.05, 4.69) is 33.3 Å². The van der Waals surface area contributed by atoms with Gasteiger partial charge in [0, 0.05) is 19.5 Å². The molecule has 0 saturated carbocycles. The number of nitrogens with zero attached hydrogens (tertiary/aromatic N) is 2. The Kier molecular flexibility index (Phi) is 28.7. The predicted octanol–water partition coefficient (Wildman–Crippen LogP) is 9.27. The first-order valence-electron chi connectivity index (χ1n) is 19.2. The van der Waals surface area contributed by atoms with Gasteiger partial charge in [-0.15, -0.1) is 0 Å². The normalized spacial score (nSPS) is 12.3. The molecule has 266 valence electrons. The van der Waals surface area contributed by atoms with Crippen molar-refractivity contribution in [3.8, 4) is 0 Å². The lowest BCUT2D eigenvalue weighted by Crippen LogP contribution is -2.47. The first-order valence-corrected chi connectivity index (χ1v) is 19.2. The van der Waals surface area contributed by atoms with E-state index < -0.39 is 12.0 Å². The third-order valence-corrected chi connectivity index (χ3v) is 9.22. The van der Waals surface area contributed by atoms with Crippen LogP contribution in [0.4, 0.5) is 0 Å². The Morgan fingerprint density at radius 3 is 1.40 bits per heavy atom. The molecule has 0 aliphatic rings. The minimum absolute atomic E-state index is 0.0479. The van der Waals surface area contributed by atoms with Crippen LogP contribution in [0.25, 0.3) is 0 Å². The van der Waals surface area contributed by atoms with Crippen molar-refractivity contribution in [2.75, 3.05) is 40.3 Å². The number of rotatable bonds is 33. The molecule has 0 bridgehead atoms. The number of carbonyl (C=O) groups excluding carboxylic acids is 2. The summed E-state index contributed by atoms with van der Waals surface area (Å²) in [6.07, 6.45) is 28.9. The Morgan fingerprint density at radius 1 is 0.578 bits per heavy atom. The summed E-state index contributed by atoms with van der Waals surface area (Å²) >= 11 is 0. The second kappa shape index (κ2) is 29.8. The van der Waals surface area contributed by atoms with Crippen molar-refractivity contribution in [3.05, 3.63) is 0 Å². The van der Waals surface area contributed by atoms with Gasteiger partial charge in [0.1, 0.15) is 6.04 Å². The van der Waals surface area contributed by atoms with E-state index in [0.717, 1.165) is 51.7 Å². The fourth-order valence-electron chi connectivity index (χ4n) is 6.07. The Labute approximate surface area is 279 Å². The van der Waals surface area contributed by atoms with E-state index >= 15 is 0 Å². The van der Waals surface area contributed by atoms with E-state index in [1.54, 1.807) is 0 Å². The van der Waals surface area contributed by atoms with Crippen LogP contribution in [0.1, 0.15) is 181 Å². The van der Waals surface area contributed by atoms with Crippen molar-refractivity contribution < 1.29 is 24.0 Å². The van der Waals surface area contributed by atoms with E-state index in [1.807, 2.05) is 11.8 Å². The average Bonchev–Trinajstić information content (AvgIpc) is 3.00. The zero-order valence-electron chi connectivity index (χ0n) is 30.6. The van der Waals surface area contributed by atoms with Gasteiger partial charge in [-0.25, -0.2) is 0 Å². The number of hydrogen-bond donors (Lipinski definition) is 2. The molecular weight excluding hydrogens is 562 g/mol. The van der Waals surface area contributed by atoms with Crippen molar-refractivity contribution >= 4 is 17.8 Å². The summed E-state index contributed by atoms with van der Waals surface area (Å²) in [5.41, 5.74) is 0. The molecule has 1 atom stereocenters. The molecule has 0 radical (unpaired) electrons. The van der Waals surface area contributed by atoms with Gasteiger partial charge in [-0.1, -0.05) is 129 Å². The van der Waals surface area contributed by atoms with Crippen LogP contribution < -0.4 is 5.32 Å². The van der Waals surface area contributed by atoms with Gasteiger partial charge in [0.15, 0.2) is 0 Å². The molecule has 2 amide bonds. The Morgan fingerprint density at radius 2 is 0.978 bits per heavy atom. The van der Waals surface area contributed by atoms with Crippen LogP contribution in [-0.2, 0) is 14.4 Å². The monoisotopic (exact) mass is 639 g/mol. The van der Waals surface area contributed by atoms with Gasteiger partial charge in [0.05, 0.1) is 33.6 Å². The Bertz CT molecular complexity index is 704. The molecule has 45 heavy (non-hydrogen) atoms. The summed E-state index contributed by atoms with van der Waals surface area (Å²) in [7, 11) is 4.11. The number of amides is 2. The third kappa shape index (κ3) is 28.3. The van der Waals surface area contributed by atoms with Crippen molar-refractivity contribution in [2.45, 2.75) is 187 Å². The largest absolute Gasteiger partial charge is 0.481 e. The second-order valence-electron chi connectivity index (χ2n) is 14.3. The Balaban J connectivity index is 4.50. The number of nitrogens with one attached hydrogen (secondary N) is 1. The summed E-state index contributed by atoms with van der Waals surface area (Å²) in [6.45, 7) is 9.47. The van der Waals surface area contributed by atoms with E-state index in [1.165, 1.54) is 116 Å². The van der Waals surface area contributed by atoms with Crippen LogP contribution >= 0.6 is 0 Å². The molecule has 7 nitrogen and oxygen atoms in total. The van der Waals surface area contributed by atoms with Crippen LogP contribution in [0.15, 0.2) is 0 Å². The lowest BCUT2D eigenvalue weighted by atomic mass is 10.1. The summed E-state index contributed by atoms with van der Waals surface area (Å²) < 4.78 is 0.679. The highest BCUT2D eigenvalue weighted by Gasteiger charge is 2.22. The number of aliphatic carboxylic acids is 1. The fraction of sp³-hybridized carbons (Fsp3) is 0.921. The first kappa shape index (κ1) is 43.4. The van der Waals surface area contributed by atoms with Crippen molar-refractivity contribution in [3.63, 3.8) is 0 Å². The highest BCUT2D eigenvalue weighted by Crippen LogP contribution is 2.14. The number of unbranched alkanes of at least 4 members (excludes halogenated alkanes) is 20. The number of quaternary nitrogens is 1. The third-order valence-electron chi connectivity index (χ3n) is 9.22. The maximum absolute atomic E-state index is 13.4. The van der Waals surface area contributed by atoms with Crippen molar-refractivity contribution in [1.82, 2.24) is 10.2 Å². The standard InChI is InChI=1S/C38H75N3O4/c1-6-8-10-12-14-16-18-20-22-26-31-40(32-27-23-21-19-17-15-13-11-9-7-2)38(45)35(3)39-36(42)29-25-24-28-33-41(4,5)34-30-37(43)44/h35H,6-34H2,1-5H3,(H-,39,42,43,44)/p+1/t35-/m0/s1. The molecule has 0 unspecified atom stereocenters. The molecule has 2 N–H and O–H groups in total. The number of carbonyl (C=O) groups is 3. The summed E-state index contributed by atoms with van der Waals surface area (Å²) in [5.74, 6) is -0.743. The fourth-order valence-corrected chi connectivity index (χ4v) is 6.07. The number of carboxylic acid groups (broad SMARTS) is 1. The number of hydrogen-bond acceptors (Lipinski definition) is 3. The van der Waals surface area contributed by atoms with Gasteiger partial charge >= 0.3 is 5.97 Å². The van der Waals surface area contributed by atoms with E-state index in [-0.39, 0.29) is 18.2 Å². The smallest absolute Gasteiger partial charge is 0.309 e. The molecular formula is C38H76N3O4+. The quantitative estimate of drug-likeness (QED) is 0.0554. The van der Waals surface area contributed by atoms with Gasteiger partial charge in [-0.2, -0.15) is 0 Å². The highest BCUT2D eigenvalue weighted by molar-refractivity contribution is 5.87. The molecule has 0 aromatic rings. The molecule has 0 fully saturated rings. The molecule has 0 aromatic heterocycles. The zero-order chi connectivity index (χ0) is 33.6. The average molecular weight is 639 g/mol. The molecule has 0 saturated heterocycles. The van der Waals surface area contributed by atoms with Gasteiger partial charge in [-0.3, -0.25) is 14.4 Å². The van der Waals surface area contributed by atoms with Crippen LogP contribution in [0.3, 0.4) is 0 Å². The van der Waals surface area contributed by atoms with Gasteiger partial charge in [-0.05, 0) is 39.0 Å². The van der Waals surface area contributed by atoms with Gasteiger partial charge in [0.25, 0.3) is 0 Å². The summed E-state index contributed by atoms with van der Waals surface area (Å²) in [6, 6.07) is -0.490. The molecule has 0 aliphatic carbocycles. The zero-order valence-corrected chi connectivity index (χ0v) is 30.6. The molecule has 0 spiro atoms. The molecule has 0 heterocycles. The highest BCUT2D eigenvalue weighted by atomic mass is 16.4. The van der Waals surface area contributed by atoms with Crippen LogP contribution in [-0.4, -0.2) is 78.6 Å². The van der Waals surface area contributed by atoms with Crippen LogP contribution in [0, 0.1) is 0 Å². The lowest BCUT2D eigenvalue weighted by molar-refractivity contribution is -0.890. The van der Waals surface area contributed by atoms with E-state index in [4.69, 9.17) is 5.11 Å². The summed E-state index contributed by atoms with van der Waals surface area (Å²) in [5, 5.41) is 11.9.